The second-order valence-electron chi connectivity index (χ2n) is 9.56. The molecule has 0 spiro atoms. The molecule has 0 atom stereocenters. The summed E-state index contributed by atoms with van der Waals surface area (Å²) in [4.78, 5) is 11.6. The Hall–Kier alpha value is -2.91. The molecule has 1 saturated carbocycles. The van der Waals surface area contributed by atoms with Crippen molar-refractivity contribution >= 4 is 32.7 Å². The van der Waals surface area contributed by atoms with Gasteiger partial charge in [0.05, 0.1) is 12.6 Å². The number of anilines is 2. The number of para-hydroxylation sites is 1. The van der Waals surface area contributed by atoms with Crippen molar-refractivity contribution in [1.82, 2.24) is 14.7 Å². The molecular formula is C26H35N5O3S. The van der Waals surface area contributed by atoms with Crippen molar-refractivity contribution in [3.8, 4) is 5.75 Å². The van der Waals surface area contributed by atoms with Crippen LogP contribution in [0.5, 0.6) is 5.75 Å². The van der Waals surface area contributed by atoms with Gasteiger partial charge in [0.25, 0.3) is 0 Å². The molecule has 1 heterocycles. The summed E-state index contributed by atoms with van der Waals surface area (Å²) in [6.45, 7) is 3.13. The van der Waals surface area contributed by atoms with E-state index in [4.69, 9.17) is 9.72 Å². The smallest absolute Gasteiger partial charge is 0.244 e. The monoisotopic (exact) mass is 497 g/mol. The molecule has 2 N–H and O–H groups in total. The van der Waals surface area contributed by atoms with E-state index in [9.17, 15) is 8.42 Å². The molecule has 0 bridgehead atoms. The zero-order chi connectivity index (χ0) is 25.0. The Morgan fingerprint density at radius 2 is 1.69 bits per heavy atom. The number of ether oxygens (including phenoxy) is 1. The van der Waals surface area contributed by atoms with E-state index in [1.807, 2.05) is 56.3 Å². The van der Waals surface area contributed by atoms with E-state index in [0.717, 1.165) is 54.5 Å². The van der Waals surface area contributed by atoms with E-state index in [-0.39, 0.29) is 4.90 Å². The van der Waals surface area contributed by atoms with Crippen LogP contribution in [-0.4, -0.2) is 52.7 Å². The number of rotatable bonds is 9. The average molecular weight is 498 g/mol. The second kappa shape index (κ2) is 10.8. The SMILES string of the molecule is COc1ccc(C)cc1S(=O)(=O)NC[C@H]1CC[C@H](CNc2nc(N(C)C)c3ccccc3n2)CC1. The molecule has 1 aliphatic rings. The van der Waals surface area contributed by atoms with Gasteiger partial charge < -0.3 is 15.0 Å². The average Bonchev–Trinajstić information content (AvgIpc) is 2.86. The van der Waals surface area contributed by atoms with E-state index in [1.165, 1.54) is 7.11 Å². The fourth-order valence-electron chi connectivity index (χ4n) is 4.65. The molecule has 1 fully saturated rings. The van der Waals surface area contributed by atoms with Crippen molar-refractivity contribution in [2.75, 3.05) is 44.5 Å². The fourth-order valence-corrected chi connectivity index (χ4v) is 6.02. The minimum atomic E-state index is -3.62. The molecule has 9 heteroatoms. The van der Waals surface area contributed by atoms with Crippen LogP contribution in [0.25, 0.3) is 10.9 Å². The van der Waals surface area contributed by atoms with Gasteiger partial charge in [0.1, 0.15) is 16.5 Å². The van der Waals surface area contributed by atoms with Gasteiger partial charge in [0, 0.05) is 32.6 Å². The molecule has 1 aliphatic carbocycles. The van der Waals surface area contributed by atoms with Gasteiger partial charge in [-0.3, -0.25) is 0 Å². The van der Waals surface area contributed by atoms with Crippen molar-refractivity contribution in [1.29, 1.82) is 0 Å². The summed E-state index contributed by atoms with van der Waals surface area (Å²) in [5.41, 5.74) is 1.81. The molecule has 0 saturated heterocycles. The van der Waals surface area contributed by atoms with Crippen LogP contribution < -0.4 is 19.7 Å². The van der Waals surface area contributed by atoms with E-state index >= 15 is 0 Å². The highest BCUT2D eigenvalue weighted by atomic mass is 32.2. The fraction of sp³-hybridized carbons (Fsp3) is 0.462. The Labute approximate surface area is 208 Å². The number of hydrogen-bond acceptors (Lipinski definition) is 7. The van der Waals surface area contributed by atoms with Gasteiger partial charge in [0.2, 0.25) is 16.0 Å². The zero-order valence-electron chi connectivity index (χ0n) is 20.9. The molecule has 2 aromatic carbocycles. The number of fused-ring (bicyclic) bond motifs is 1. The normalized spacial score (nSPS) is 18.4. The van der Waals surface area contributed by atoms with Crippen molar-refractivity contribution in [3.05, 3.63) is 48.0 Å². The molecule has 3 aromatic rings. The number of benzene rings is 2. The molecule has 188 valence electrons. The number of aromatic nitrogens is 2. The Balaban J connectivity index is 1.30. The standard InChI is InChI=1S/C26H35N5O3S/c1-18-9-14-23(34-4)24(15-18)35(32,33)28-17-20-12-10-19(11-13-20)16-27-26-29-22-8-6-5-7-21(22)25(30-26)31(2)3/h5-9,14-15,19-20,28H,10-13,16-17H2,1-4H3,(H,27,29,30)/t19-,20-. The van der Waals surface area contributed by atoms with E-state index in [2.05, 4.69) is 15.0 Å². The zero-order valence-corrected chi connectivity index (χ0v) is 21.7. The van der Waals surface area contributed by atoms with Gasteiger partial charge in [0.15, 0.2) is 0 Å². The summed E-state index contributed by atoms with van der Waals surface area (Å²) in [6.07, 6.45) is 4.06. The molecule has 0 amide bonds. The molecular weight excluding hydrogens is 462 g/mol. The van der Waals surface area contributed by atoms with Crippen LogP contribution in [0, 0.1) is 18.8 Å². The lowest BCUT2D eigenvalue weighted by Crippen LogP contribution is -2.32. The van der Waals surface area contributed by atoms with Gasteiger partial charge in [-0.15, -0.1) is 0 Å². The molecule has 0 aliphatic heterocycles. The van der Waals surface area contributed by atoms with Crippen LogP contribution in [0.2, 0.25) is 0 Å². The number of nitrogens with zero attached hydrogens (tertiary/aromatic N) is 3. The number of sulfonamides is 1. The Morgan fingerprint density at radius 1 is 1.00 bits per heavy atom. The Kier molecular flexibility index (Phi) is 7.76. The summed E-state index contributed by atoms with van der Waals surface area (Å²) < 4.78 is 33.8. The predicted octanol–water partition coefficient (Wildman–Crippen LogP) is 4.21. The second-order valence-corrected chi connectivity index (χ2v) is 11.3. The molecule has 0 radical (unpaired) electrons. The van der Waals surface area contributed by atoms with Crippen molar-refractivity contribution < 1.29 is 13.2 Å². The quantitative estimate of drug-likeness (QED) is 0.457. The van der Waals surface area contributed by atoms with Crippen LogP contribution >= 0.6 is 0 Å². The van der Waals surface area contributed by atoms with Gasteiger partial charge in [-0.2, -0.15) is 4.98 Å². The molecule has 0 unspecified atom stereocenters. The lowest BCUT2D eigenvalue weighted by molar-refractivity contribution is 0.284. The Morgan fingerprint density at radius 3 is 2.37 bits per heavy atom. The van der Waals surface area contributed by atoms with E-state index in [0.29, 0.717) is 30.1 Å². The van der Waals surface area contributed by atoms with E-state index in [1.54, 1.807) is 12.1 Å². The minimum Gasteiger partial charge on any atom is -0.495 e. The summed E-state index contributed by atoms with van der Waals surface area (Å²) in [6, 6.07) is 13.2. The third-order valence-electron chi connectivity index (χ3n) is 6.69. The van der Waals surface area contributed by atoms with Crippen LogP contribution in [-0.2, 0) is 10.0 Å². The van der Waals surface area contributed by atoms with Crippen LogP contribution in [0.15, 0.2) is 47.4 Å². The maximum Gasteiger partial charge on any atom is 0.244 e. The summed E-state index contributed by atoms with van der Waals surface area (Å²) in [7, 11) is 1.85. The number of methoxy groups -OCH3 is 1. The maximum absolute atomic E-state index is 12.9. The largest absolute Gasteiger partial charge is 0.495 e. The third-order valence-corrected chi connectivity index (χ3v) is 8.14. The number of aryl methyl sites for hydroxylation is 1. The van der Waals surface area contributed by atoms with Gasteiger partial charge in [-0.05, 0) is 74.3 Å². The molecule has 1 aromatic heterocycles. The molecule has 8 nitrogen and oxygen atoms in total. The lowest BCUT2D eigenvalue weighted by atomic mass is 9.82. The predicted molar refractivity (Wildman–Crippen MR) is 141 cm³/mol. The topological polar surface area (TPSA) is 96.5 Å². The molecule has 35 heavy (non-hydrogen) atoms. The minimum absolute atomic E-state index is 0.199. The van der Waals surface area contributed by atoms with Crippen LogP contribution in [0.4, 0.5) is 11.8 Å². The number of hydrogen-bond donors (Lipinski definition) is 2. The van der Waals surface area contributed by atoms with Crippen LogP contribution in [0.3, 0.4) is 0 Å². The van der Waals surface area contributed by atoms with Gasteiger partial charge in [-0.25, -0.2) is 18.1 Å². The first-order valence-electron chi connectivity index (χ1n) is 12.1. The van der Waals surface area contributed by atoms with Crippen molar-refractivity contribution in [2.24, 2.45) is 11.8 Å². The Bertz CT molecular complexity index is 1270. The van der Waals surface area contributed by atoms with Crippen molar-refractivity contribution in [3.63, 3.8) is 0 Å². The first-order valence-corrected chi connectivity index (χ1v) is 13.6. The van der Waals surface area contributed by atoms with E-state index < -0.39 is 10.0 Å². The summed E-state index contributed by atoms with van der Waals surface area (Å²) in [5, 5.41) is 4.47. The summed E-state index contributed by atoms with van der Waals surface area (Å²) in [5.74, 6) is 2.76. The van der Waals surface area contributed by atoms with Crippen molar-refractivity contribution in [2.45, 2.75) is 37.5 Å². The highest BCUT2D eigenvalue weighted by Gasteiger charge is 2.25. The molecule has 4 rings (SSSR count). The van der Waals surface area contributed by atoms with Gasteiger partial charge in [-0.1, -0.05) is 18.2 Å². The first kappa shape index (κ1) is 25.2. The highest BCUT2D eigenvalue weighted by molar-refractivity contribution is 7.89. The lowest BCUT2D eigenvalue weighted by Gasteiger charge is -2.29. The maximum atomic E-state index is 12.9. The third kappa shape index (κ3) is 6.02. The first-order chi connectivity index (χ1) is 16.8. The highest BCUT2D eigenvalue weighted by Crippen LogP contribution is 2.30. The van der Waals surface area contributed by atoms with Gasteiger partial charge >= 0.3 is 0 Å². The summed E-state index contributed by atoms with van der Waals surface area (Å²) >= 11 is 0. The van der Waals surface area contributed by atoms with Crippen LogP contribution in [0.1, 0.15) is 31.2 Å². The number of nitrogens with one attached hydrogen (secondary N) is 2.